The third-order valence-corrected chi connectivity index (χ3v) is 11.0. The first-order chi connectivity index (χ1) is 33.1. The number of benzene rings is 2. The lowest BCUT2D eigenvalue weighted by Gasteiger charge is -2.48. The second kappa shape index (κ2) is 25.8. The van der Waals surface area contributed by atoms with Crippen LogP contribution in [0, 0.1) is 0 Å². The molecule has 24 nitrogen and oxygen atoms in total. The number of aliphatic hydroxyl groups excluding tert-OH is 1. The molecule has 0 spiro atoms. The van der Waals surface area contributed by atoms with E-state index in [-0.39, 0.29) is 19.8 Å². The Morgan fingerprint density at radius 3 is 2.17 bits per heavy atom. The molecule has 0 radical (unpaired) electrons. The van der Waals surface area contributed by atoms with Crippen molar-refractivity contribution in [1.29, 1.82) is 0 Å². The summed E-state index contributed by atoms with van der Waals surface area (Å²) >= 11 is 0. The van der Waals surface area contributed by atoms with Crippen molar-refractivity contribution in [2.45, 2.75) is 133 Å². The number of nitrogens with zero attached hydrogens (tertiary/aromatic N) is 4. The van der Waals surface area contributed by atoms with E-state index in [1.807, 2.05) is 30.3 Å². The number of unbranched alkanes of at least 4 members (excludes halogenated alkanes) is 2. The number of amides is 3. The zero-order valence-electron chi connectivity index (χ0n) is 38.7. The normalized spacial score (nSPS) is 25.9. The van der Waals surface area contributed by atoms with Crippen LogP contribution in [0.25, 0.3) is 10.4 Å². The van der Waals surface area contributed by atoms with Crippen LogP contribution in [0.15, 0.2) is 65.8 Å². The SMILES string of the molecule is COC(=O)[C@@]1(OC[C@H]2O[C@@H](OCCCCCNC(=O)OCc3ccccc3)[C@H](N=[N+]=[N-])[C@@H](O)[C@H]2OCc2ccccc2)C[C@@H]2OC(=O)N(C(C)=O)[C@H]2[C@H]([C@H](OC(C)=O)[C@@H](COC(C)=O)OC(C)=O)O1. The fraction of sp³-hybridized carbons (Fsp3) is 0.578. The third-order valence-electron chi connectivity index (χ3n) is 11.0. The Bertz CT molecular complexity index is 2130. The quantitative estimate of drug-likeness (QED) is 0.0403. The van der Waals surface area contributed by atoms with Crippen LogP contribution in [0.5, 0.6) is 0 Å². The second-order valence-electron chi connectivity index (χ2n) is 16.1. The van der Waals surface area contributed by atoms with Gasteiger partial charge in [-0.15, -0.1) is 0 Å². The van der Waals surface area contributed by atoms with Crippen LogP contribution in [-0.4, -0.2) is 152 Å². The number of esters is 4. The Labute approximate surface area is 396 Å². The first kappa shape index (κ1) is 53.6. The van der Waals surface area contributed by atoms with E-state index >= 15 is 0 Å². The number of aliphatic hydroxyl groups is 1. The van der Waals surface area contributed by atoms with Gasteiger partial charge in [-0.1, -0.05) is 65.8 Å². The molecule has 3 fully saturated rings. The van der Waals surface area contributed by atoms with Crippen LogP contribution in [0.1, 0.15) is 64.5 Å². The van der Waals surface area contributed by atoms with E-state index in [4.69, 9.17) is 52.1 Å². The molecule has 2 N–H and O–H groups in total. The number of methoxy groups -OCH3 is 1. The number of alkyl carbamates (subject to hydrolysis) is 1. The summed E-state index contributed by atoms with van der Waals surface area (Å²) in [6.07, 6.45) is -13.3. The van der Waals surface area contributed by atoms with Crippen molar-refractivity contribution in [3.05, 3.63) is 82.2 Å². The van der Waals surface area contributed by atoms with Crippen LogP contribution >= 0.6 is 0 Å². The molecule has 5 rings (SSSR count). The van der Waals surface area contributed by atoms with Gasteiger partial charge in [0.15, 0.2) is 18.5 Å². The summed E-state index contributed by atoms with van der Waals surface area (Å²) < 4.78 is 63.4. The van der Waals surface area contributed by atoms with E-state index in [1.165, 1.54) is 0 Å². The number of rotatable bonds is 23. The van der Waals surface area contributed by atoms with Crippen molar-refractivity contribution in [1.82, 2.24) is 10.2 Å². The van der Waals surface area contributed by atoms with Crippen LogP contribution in [0.4, 0.5) is 9.59 Å². The van der Waals surface area contributed by atoms with Crippen molar-refractivity contribution >= 4 is 42.0 Å². The van der Waals surface area contributed by atoms with Gasteiger partial charge >= 0.3 is 36.1 Å². The maximum Gasteiger partial charge on any atom is 0.417 e. The molecule has 3 aliphatic rings. The fourth-order valence-electron chi connectivity index (χ4n) is 7.98. The maximum absolute atomic E-state index is 14.0. The highest BCUT2D eigenvalue weighted by Gasteiger charge is 2.64. The van der Waals surface area contributed by atoms with Crippen LogP contribution in [0.2, 0.25) is 0 Å². The van der Waals surface area contributed by atoms with E-state index in [0.29, 0.717) is 36.3 Å². The number of imide groups is 1. The maximum atomic E-state index is 14.0. The molecule has 3 aliphatic heterocycles. The van der Waals surface area contributed by atoms with Crippen molar-refractivity contribution in [3.63, 3.8) is 0 Å². The van der Waals surface area contributed by atoms with Crippen molar-refractivity contribution in [2.75, 3.05) is 33.5 Å². The number of hydrogen-bond donors (Lipinski definition) is 2. The summed E-state index contributed by atoms with van der Waals surface area (Å²) in [5.41, 5.74) is 11.1. The zero-order valence-corrected chi connectivity index (χ0v) is 38.7. The van der Waals surface area contributed by atoms with Crippen molar-refractivity contribution in [2.24, 2.45) is 5.11 Å². The largest absolute Gasteiger partial charge is 0.465 e. The molecule has 2 aromatic rings. The van der Waals surface area contributed by atoms with Crippen LogP contribution < -0.4 is 5.32 Å². The molecule has 11 atom stereocenters. The minimum atomic E-state index is -2.60. The van der Waals surface area contributed by atoms with E-state index < -0.39 is 128 Å². The first-order valence-corrected chi connectivity index (χ1v) is 22.0. The minimum Gasteiger partial charge on any atom is -0.465 e. The number of ether oxygens (including phenoxy) is 11. The van der Waals surface area contributed by atoms with Gasteiger partial charge in [0, 0.05) is 45.8 Å². The molecule has 0 bridgehead atoms. The molecular formula is C45H57N5O19. The van der Waals surface area contributed by atoms with E-state index in [9.17, 15) is 44.2 Å². The molecule has 2 aromatic carbocycles. The Kier molecular flexibility index (Phi) is 20.0. The smallest absolute Gasteiger partial charge is 0.417 e. The molecule has 3 amide bonds. The standard InChI is InChI=1S/C45H57N5O19/c1-26(51)50-36-32(68-44(50)58)21-45(42(56)59-5,69-40(36)39(66-29(4)54)33(65-28(3)53)24-61-27(2)52)64-25-34-38(62-22-30-15-9-6-10-16-30)37(55)35(48-49-46)41(67-34)60-20-14-8-13-19-47-43(57)63-23-31-17-11-7-12-18-31/h6-7,9-12,15-18,32-41,55H,8,13-14,19-25H2,1-5H3,(H,47,57)/t32-,33+,34+,35+,36+,37+,38-,39+,40+,41+,45+/m0/s1. The predicted octanol–water partition coefficient (Wildman–Crippen LogP) is 3.29. The Morgan fingerprint density at radius 2 is 1.57 bits per heavy atom. The topological polar surface area (TPSA) is 305 Å². The lowest BCUT2D eigenvalue weighted by atomic mass is 9.88. The zero-order chi connectivity index (χ0) is 50.1. The highest BCUT2D eigenvalue weighted by molar-refractivity contribution is 5.93. The van der Waals surface area contributed by atoms with Gasteiger partial charge in [0.2, 0.25) is 5.91 Å². The molecule has 3 heterocycles. The molecule has 24 heteroatoms. The summed E-state index contributed by atoms with van der Waals surface area (Å²) in [6.45, 7) is 3.11. The summed E-state index contributed by atoms with van der Waals surface area (Å²) in [4.78, 5) is 93.1. The lowest BCUT2D eigenvalue weighted by Crippen LogP contribution is -2.67. The molecule has 69 heavy (non-hydrogen) atoms. The fourth-order valence-corrected chi connectivity index (χ4v) is 7.98. The monoisotopic (exact) mass is 971 g/mol. The van der Waals surface area contributed by atoms with Crippen molar-refractivity contribution < 1.29 is 90.8 Å². The molecule has 0 aliphatic carbocycles. The van der Waals surface area contributed by atoms with Crippen LogP contribution in [0.3, 0.4) is 0 Å². The molecule has 376 valence electrons. The molecule has 0 aromatic heterocycles. The third kappa shape index (κ3) is 14.8. The summed E-state index contributed by atoms with van der Waals surface area (Å²) in [5.74, 6) is -7.37. The summed E-state index contributed by atoms with van der Waals surface area (Å²) in [7, 11) is 1.00. The number of azide groups is 1. The Hall–Kier alpha value is -6.40. The molecular weight excluding hydrogens is 915 g/mol. The highest BCUT2D eigenvalue weighted by Crippen LogP contribution is 2.42. The number of nitrogens with one attached hydrogen (secondary N) is 1. The number of fused-ring (bicyclic) bond motifs is 1. The van der Waals surface area contributed by atoms with Gasteiger partial charge in [-0.05, 0) is 35.9 Å². The number of carbonyl (C=O) groups is 7. The minimum absolute atomic E-state index is 0.0305. The predicted molar refractivity (Wildman–Crippen MR) is 232 cm³/mol. The van der Waals surface area contributed by atoms with Crippen LogP contribution in [-0.2, 0) is 89.3 Å². The Morgan fingerprint density at radius 1 is 0.899 bits per heavy atom. The van der Waals surface area contributed by atoms with E-state index in [1.54, 1.807) is 30.3 Å². The second-order valence-corrected chi connectivity index (χ2v) is 16.1. The molecule has 3 saturated heterocycles. The summed E-state index contributed by atoms with van der Waals surface area (Å²) in [6, 6.07) is 15.2. The van der Waals surface area contributed by atoms with Gasteiger partial charge in [-0.25, -0.2) is 19.3 Å². The van der Waals surface area contributed by atoms with Gasteiger partial charge < -0.3 is 62.5 Å². The van der Waals surface area contributed by atoms with Gasteiger partial charge in [-0.2, -0.15) is 0 Å². The Balaban J connectivity index is 1.39. The number of carbonyl (C=O) groups excluding carboxylic acids is 7. The van der Waals surface area contributed by atoms with Gasteiger partial charge in [0.25, 0.3) is 5.79 Å². The lowest BCUT2D eigenvalue weighted by molar-refractivity contribution is -0.332. The van der Waals surface area contributed by atoms with Gasteiger partial charge in [-0.3, -0.25) is 19.2 Å². The average Bonchev–Trinajstić information content (AvgIpc) is 3.66. The van der Waals surface area contributed by atoms with Gasteiger partial charge in [0.05, 0.1) is 32.8 Å². The van der Waals surface area contributed by atoms with E-state index in [2.05, 4.69) is 15.3 Å². The molecule has 0 unspecified atom stereocenters. The number of hydrogen-bond acceptors (Lipinski definition) is 20. The summed E-state index contributed by atoms with van der Waals surface area (Å²) in [5, 5.41) is 18.3. The first-order valence-electron chi connectivity index (χ1n) is 22.0. The van der Waals surface area contributed by atoms with E-state index in [0.717, 1.165) is 40.4 Å². The van der Waals surface area contributed by atoms with Crippen molar-refractivity contribution in [3.8, 4) is 0 Å². The highest BCUT2D eigenvalue weighted by atomic mass is 16.8. The molecule has 0 saturated carbocycles. The average molecular weight is 972 g/mol. The van der Waals surface area contributed by atoms with Gasteiger partial charge in [0.1, 0.15) is 49.7 Å².